The highest BCUT2D eigenvalue weighted by Gasteiger charge is 2.21. The molecule has 2 nitrogen and oxygen atoms in total. The largest absolute Gasteiger partial charge is 0.488 e. The van der Waals surface area contributed by atoms with E-state index in [0.29, 0.717) is 5.88 Å². The van der Waals surface area contributed by atoms with Gasteiger partial charge in [0.05, 0.1) is 6.54 Å². The Kier molecular flexibility index (Phi) is 4.66. The van der Waals surface area contributed by atoms with E-state index in [1.54, 1.807) is 0 Å². The molecule has 1 aliphatic rings. The Morgan fingerprint density at radius 1 is 1.14 bits per heavy atom. The van der Waals surface area contributed by atoms with Crippen molar-refractivity contribution in [2.75, 3.05) is 17.7 Å². The summed E-state index contributed by atoms with van der Waals surface area (Å²) in [6, 6.07) is 16.8. The third-order valence-electron chi connectivity index (χ3n) is 3.77. The molecule has 0 bridgehead atoms. The molecule has 0 saturated carbocycles. The first-order valence-electron chi connectivity index (χ1n) is 7.48. The second kappa shape index (κ2) is 6.86. The molecule has 0 aliphatic carbocycles. The maximum absolute atomic E-state index is 5.94. The summed E-state index contributed by atoms with van der Waals surface area (Å²) in [5, 5.41) is 3.48. The molecule has 2 aromatic rings. The molecule has 110 valence electrons. The number of benzene rings is 2. The van der Waals surface area contributed by atoms with Gasteiger partial charge in [-0.05, 0) is 42.2 Å². The third-order valence-corrected chi connectivity index (χ3v) is 4.04. The lowest BCUT2D eigenvalue weighted by molar-refractivity contribution is 0.246. The third kappa shape index (κ3) is 3.70. The van der Waals surface area contributed by atoms with Crippen molar-refractivity contribution in [3.63, 3.8) is 0 Å². The van der Waals surface area contributed by atoms with Crippen molar-refractivity contribution in [3.05, 3.63) is 59.7 Å². The molecule has 3 rings (SSSR count). The van der Waals surface area contributed by atoms with Crippen molar-refractivity contribution < 1.29 is 4.74 Å². The van der Waals surface area contributed by atoms with Gasteiger partial charge in [-0.3, -0.25) is 0 Å². The first kappa shape index (κ1) is 14.3. The van der Waals surface area contributed by atoms with Gasteiger partial charge in [0.25, 0.3) is 0 Å². The molecule has 1 aliphatic heterocycles. The molecule has 0 amide bonds. The van der Waals surface area contributed by atoms with E-state index in [2.05, 4.69) is 41.7 Å². The monoisotopic (exact) mass is 301 g/mol. The van der Waals surface area contributed by atoms with Crippen molar-refractivity contribution in [2.24, 2.45) is 0 Å². The Bertz CT molecular complexity index is 574. The molecule has 3 heteroatoms. The van der Waals surface area contributed by atoms with Gasteiger partial charge in [0.1, 0.15) is 11.9 Å². The zero-order valence-electron chi connectivity index (χ0n) is 12.0. The predicted molar refractivity (Wildman–Crippen MR) is 88.5 cm³/mol. The molecular weight excluding hydrogens is 282 g/mol. The van der Waals surface area contributed by atoms with E-state index in [-0.39, 0.29) is 6.10 Å². The lowest BCUT2D eigenvalue weighted by Crippen LogP contribution is -2.23. The number of hydrogen-bond donors (Lipinski definition) is 1. The molecular formula is C18H20ClNO. The van der Waals surface area contributed by atoms with Gasteiger partial charge >= 0.3 is 0 Å². The average Bonchev–Trinajstić information content (AvgIpc) is 2.94. The summed E-state index contributed by atoms with van der Waals surface area (Å²) in [7, 11) is 0. The van der Waals surface area contributed by atoms with E-state index in [1.165, 1.54) is 11.1 Å². The van der Waals surface area contributed by atoms with Crippen LogP contribution < -0.4 is 10.1 Å². The van der Waals surface area contributed by atoms with E-state index >= 15 is 0 Å². The highest BCUT2D eigenvalue weighted by molar-refractivity contribution is 6.17. The number of alkyl halides is 1. The fourth-order valence-corrected chi connectivity index (χ4v) is 2.84. The maximum atomic E-state index is 5.94. The number of rotatable bonds is 6. The molecule has 1 N–H and O–H groups in total. The second-order valence-electron chi connectivity index (χ2n) is 5.43. The number of hydrogen-bond acceptors (Lipinski definition) is 2. The summed E-state index contributed by atoms with van der Waals surface area (Å²) in [6.07, 6.45) is 3.25. The van der Waals surface area contributed by atoms with Crippen molar-refractivity contribution in [1.82, 2.24) is 0 Å². The summed E-state index contributed by atoms with van der Waals surface area (Å²) in [5.74, 6) is 1.74. The Labute approximate surface area is 131 Å². The minimum Gasteiger partial charge on any atom is -0.488 e. The predicted octanol–water partition coefficient (Wildman–Crippen LogP) is 4.27. The molecule has 0 saturated heterocycles. The molecule has 1 atom stereocenters. The molecule has 0 fully saturated rings. The van der Waals surface area contributed by atoms with Gasteiger partial charge in [0.15, 0.2) is 0 Å². The standard InChI is InChI=1S/C18H20ClNO/c19-10-4-6-14-5-3-8-16(11-14)20-13-17-12-15-7-1-2-9-18(15)21-17/h1-3,5,7-9,11,17,20H,4,6,10,12-13H2. The number of halogens is 1. The van der Waals surface area contributed by atoms with Crippen LogP contribution in [0.1, 0.15) is 17.5 Å². The number of ether oxygens (including phenoxy) is 1. The normalized spacial score (nSPS) is 16.3. The van der Waals surface area contributed by atoms with Crippen LogP contribution in [-0.4, -0.2) is 18.5 Å². The van der Waals surface area contributed by atoms with E-state index in [9.17, 15) is 0 Å². The number of anilines is 1. The van der Waals surface area contributed by atoms with Crippen LogP contribution >= 0.6 is 11.6 Å². The molecule has 2 aromatic carbocycles. The quantitative estimate of drug-likeness (QED) is 0.804. The zero-order chi connectivity index (χ0) is 14.5. The van der Waals surface area contributed by atoms with Crippen LogP contribution in [0.3, 0.4) is 0 Å². The van der Waals surface area contributed by atoms with Gasteiger partial charge in [-0.1, -0.05) is 30.3 Å². The van der Waals surface area contributed by atoms with E-state index in [1.807, 2.05) is 12.1 Å². The van der Waals surface area contributed by atoms with E-state index in [0.717, 1.165) is 37.2 Å². The lowest BCUT2D eigenvalue weighted by Gasteiger charge is -2.13. The molecule has 1 unspecified atom stereocenters. The van der Waals surface area contributed by atoms with E-state index < -0.39 is 0 Å². The second-order valence-corrected chi connectivity index (χ2v) is 5.80. The molecule has 1 heterocycles. The minimum absolute atomic E-state index is 0.217. The Morgan fingerprint density at radius 2 is 2.05 bits per heavy atom. The van der Waals surface area contributed by atoms with Crippen molar-refractivity contribution in [1.29, 1.82) is 0 Å². The van der Waals surface area contributed by atoms with Crippen LogP contribution in [0, 0.1) is 0 Å². The number of nitrogens with one attached hydrogen (secondary N) is 1. The summed E-state index contributed by atoms with van der Waals surface area (Å²) in [4.78, 5) is 0. The topological polar surface area (TPSA) is 21.3 Å². The first-order chi connectivity index (χ1) is 10.3. The Morgan fingerprint density at radius 3 is 2.90 bits per heavy atom. The van der Waals surface area contributed by atoms with Crippen molar-refractivity contribution >= 4 is 17.3 Å². The number of para-hydroxylation sites is 1. The minimum atomic E-state index is 0.217. The average molecular weight is 302 g/mol. The van der Waals surface area contributed by atoms with Crippen LogP contribution in [0.15, 0.2) is 48.5 Å². The van der Waals surface area contributed by atoms with Crippen LogP contribution in [0.25, 0.3) is 0 Å². The smallest absolute Gasteiger partial charge is 0.123 e. The van der Waals surface area contributed by atoms with Gasteiger partial charge < -0.3 is 10.1 Å². The Balaban J connectivity index is 1.54. The number of aryl methyl sites for hydroxylation is 1. The Hall–Kier alpha value is -1.67. The summed E-state index contributed by atoms with van der Waals surface area (Å²) >= 11 is 5.75. The van der Waals surface area contributed by atoms with Crippen LogP contribution in [0.2, 0.25) is 0 Å². The SMILES string of the molecule is ClCCCc1cccc(NCC2Cc3ccccc3O2)c1. The van der Waals surface area contributed by atoms with Crippen molar-refractivity contribution in [2.45, 2.75) is 25.4 Å². The molecule has 0 spiro atoms. The highest BCUT2D eigenvalue weighted by atomic mass is 35.5. The fourth-order valence-electron chi connectivity index (χ4n) is 2.71. The van der Waals surface area contributed by atoms with Gasteiger partial charge in [-0.15, -0.1) is 11.6 Å². The van der Waals surface area contributed by atoms with Gasteiger partial charge in [-0.25, -0.2) is 0 Å². The lowest BCUT2D eigenvalue weighted by atomic mass is 10.1. The first-order valence-corrected chi connectivity index (χ1v) is 8.02. The summed E-state index contributed by atoms with van der Waals surface area (Å²) in [6.45, 7) is 0.827. The van der Waals surface area contributed by atoms with Crippen LogP contribution in [-0.2, 0) is 12.8 Å². The number of fused-ring (bicyclic) bond motifs is 1. The summed E-state index contributed by atoms with van der Waals surface area (Å²) in [5.41, 5.74) is 3.79. The van der Waals surface area contributed by atoms with E-state index in [4.69, 9.17) is 16.3 Å². The highest BCUT2D eigenvalue weighted by Crippen LogP contribution is 2.28. The molecule has 0 aromatic heterocycles. The fraction of sp³-hybridized carbons (Fsp3) is 0.333. The van der Waals surface area contributed by atoms with Crippen LogP contribution in [0.4, 0.5) is 5.69 Å². The molecule has 0 radical (unpaired) electrons. The zero-order valence-corrected chi connectivity index (χ0v) is 12.8. The maximum Gasteiger partial charge on any atom is 0.123 e. The molecule has 21 heavy (non-hydrogen) atoms. The summed E-state index contributed by atoms with van der Waals surface area (Å²) < 4.78 is 5.94. The van der Waals surface area contributed by atoms with Gasteiger partial charge in [0, 0.05) is 18.0 Å². The van der Waals surface area contributed by atoms with Gasteiger partial charge in [0.2, 0.25) is 0 Å². The van der Waals surface area contributed by atoms with Gasteiger partial charge in [-0.2, -0.15) is 0 Å². The van der Waals surface area contributed by atoms with Crippen LogP contribution in [0.5, 0.6) is 5.75 Å². The van der Waals surface area contributed by atoms with Crippen molar-refractivity contribution in [3.8, 4) is 5.75 Å².